The van der Waals surface area contributed by atoms with E-state index in [2.05, 4.69) is 15.4 Å². The van der Waals surface area contributed by atoms with E-state index in [4.69, 9.17) is 10.5 Å². The molecule has 0 aliphatic rings. The van der Waals surface area contributed by atoms with Crippen molar-refractivity contribution < 1.29 is 14.5 Å². The summed E-state index contributed by atoms with van der Waals surface area (Å²) in [4.78, 5) is 25.6. The first kappa shape index (κ1) is 17.2. The van der Waals surface area contributed by atoms with Gasteiger partial charge in [-0.3, -0.25) is 14.9 Å². The predicted molar refractivity (Wildman–Crippen MR) is 85.9 cm³/mol. The van der Waals surface area contributed by atoms with Crippen molar-refractivity contribution in [2.24, 2.45) is 12.8 Å². The molecule has 0 saturated carbocycles. The maximum atomic E-state index is 11.5. The SMILES string of the molecule is CCc1nn(C)c(OC)c1CNc1ncc([N+](=O)[O-])cc1C(N)=O. The van der Waals surface area contributed by atoms with E-state index in [1.807, 2.05) is 6.92 Å². The highest BCUT2D eigenvalue weighted by atomic mass is 16.6. The molecule has 0 spiro atoms. The van der Waals surface area contributed by atoms with Gasteiger partial charge in [-0.05, 0) is 6.42 Å². The molecule has 0 saturated heterocycles. The fourth-order valence-corrected chi connectivity index (χ4v) is 2.38. The van der Waals surface area contributed by atoms with Crippen molar-refractivity contribution in [1.29, 1.82) is 0 Å². The van der Waals surface area contributed by atoms with Crippen molar-refractivity contribution in [2.75, 3.05) is 12.4 Å². The summed E-state index contributed by atoms with van der Waals surface area (Å²) in [5, 5.41) is 18.1. The molecular formula is C14H18N6O4. The van der Waals surface area contributed by atoms with Gasteiger partial charge >= 0.3 is 0 Å². The van der Waals surface area contributed by atoms with E-state index in [0.717, 1.165) is 23.5 Å². The second-order valence-corrected chi connectivity index (χ2v) is 4.98. The molecule has 24 heavy (non-hydrogen) atoms. The van der Waals surface area contributed by atoms with Crippen molar-refractivity contribution in [3.05, 3.63) is 39.2 Å². The van der Waals surface area contributed by atoms with Crippen LogP contribution in [0.1, 0.15) is 28.5 Å². The summed E-state index contributed by atoms with van der Waals surface area (Å²) < 4.78 is 6.95. The van der Waals surface area contributed by atoms with E-state index in [1.54, 1.807) is 18.8 Å². The minimum Gasteiger partial charge on any atom is -0.481 e. The van der Waals surface area contributed by atoms with Gasteiger partial charge in [0.1, 0.15) is 12.0 Å². The van der Waals surface area contributed by atoms with Gasteiger partial charge in [0.15, 0.2) is 0 Å². The Morgan fingerprint density at radius 1 is 1.54 bits per heavy atom. The van der Waals surface area contributed by atoms with Gasteiger partial charge in [0.2, 0.25) is 5.88 Å². The van der Waals surface area contributed by atoms with Crippen molar-refractivity contribution >= 4 is 17.4 Å². The molecule has 1 amide bonds. The van der Waals surface area contributed by atoms with E-state index >= 15 is 0 Å². The third kappa shape index (κ3) is 3.26. The van der Waals surface area contributed by atoms with Crippen LogP contribution in [0.2, 0.25) is 0 Å². The normalized spacial score (nSPS) is 10.5. The molecule has 10 heteroatoms. The van der Waals surface area contributed by atoms with Crippen LogP contribution in [0.3, 0.4) is 0 Å². The van der Waals surface area contributed by atoms with Crippen LogP contribution >= 0.6 is 0 Å². The first-order chi connectivity index (χ1) is 11.4. The molecule has 0 atom stereocenters. The number of nitrogens with two attached hydrogens (primary N) is 1. The van der Waals surface area contributed by atoms with Gasteiger partial charge < -0.3 is 15.8 Å². The van der Waals surface area contributed by atoms with Gasteiger partial charge in [-0.15, -0.1) is 0 Å². The lowest BCUT2D eigenvalue weighted by atomic mass is 10.2. The van der Waals surface area contributed by atoms with E-state index in [9.17, 15) is 14.9 Å². The van der Waals surface area contributed by atoms with Crippen LogP contribution in [0.25, 0.3) is 0 Å². The number of hydrogen-bond donors (Lipinski definition) is 2. The Morgan fingerprint density at radius 3 is 2.79 bits per heavy atom. The Morgan fingerprint density at radius 2 is 2.25 bits per heavy atom. The zero-order valence-electron chi connectivity index (χ0n) is 13.6. The van der Waals surface area contributed by atoms with Crippen LogP contribution in [0.15, 0.2) is 12.3 Å². The minimum atomic E-state index is -0.803. The van der Waals surface area contributed by atoms with Gasteiger partial charge in [-0.2, -0.15) is 5.10 Å². The molecule has 3 N–H and O–H groups in total. The maximum Gasteiger partial charge on any atom is 0.288 e. The van der Waals surface area contributed by atoms with Gasteiger partial charge in [0.25, 0.3) is 11.6 Å². The zero-order chi connectivity index (χ0) is 17.9. The summed E-state index contributed by atoms with van der Waals surface area (Å²) in [6.07, 6.45) is 1.76. The summed E-state index contributed by atoms with van der Waals surface area (Å²) in [7, 11) is 3.30. The average Bonchev–Trinajstić information content (AvgIpc) is 2.87. The van der Waals surface area contributed by atoms with Crippen molar-refractivity contribution in [3.8, 4) is 5.88 Å². The van der Waals surface area contributed by atoms with Crippen LogP contribution in [-0.4, -0.2) is 32.7 Å². The highest BCUT2D eigenvalue weighted by Crippen LogP contribution is 2.24. The molecule has 2 heterocycles. The third-order valence-electron chi connectivity index (χ3n) is 3.48. The fraction of sp³-hybridized carbons (Fsp3) is 0.357. The third-order valence-corrected chi connectivity index (χ3v) is 3.48. The van der Waals surface area contributed by atoms with E-state index in [-0.39, 0.29) is 23.6 Å². The Hall–Kier alpha value is -3.17. The highest BCUT2D eigenvalue weighted by molar-refractivity contribution is 5.98. The van der Waals surface area contributed by atoms with Gasteiger partial charge in [0.05, 0.1) is 28.9 Å². The van der Waals surface area contributed by atoms with Crippen LogP contribution in [0.5, 0.6) is 5.88 Å². The molecule has 0 aliphatic heterocycles. The van der Waals surface area contributed by atoms with Crippen LogP contribution in [-0.2, 0) is 20.0 Å². The van der Waals surface area contributed by atoms with Crippen molar-refractivity contribution in [3.63, 3.8) is 0 Å². The van der Waals surface area contributed by atoms with Gasteiger partial charge in [-0.25, -0.2) is 9.67 Å². The molecule has 128 valence electrons. The number of carbonyl (C=O) groups excluding carboxylic acids is 1. The van der Waals surface area contributed by atoms with Gasteiger partial charge in [-0.1, -0.05) is 6.92 Å². The van der Waals surface area contributed by atoms with Crippen LogP contribution in [0.4, 0.5) is 11.5 Å². The molecule has 2 rings (SSSR count). The van der Waals surface area contributed by atoms with E-state index in [0.29, 0.717) is 12.3 Å². The van der Waals surface area contributed by atoms with E-state index < -0.39 is 10.8 Å². The molecule has 0 aliphatic carbocycles. The molecule has 10 nitrogen and oxygen atoms in total. The number of nitrogens with zero attached hydrogens (tertiary/aromatic N) is 4. The number of hydrogen-bond acceptors (Lipinski definition) is 7. The molecule has 2 aromatic rings. The van der Waals surface area contributed by atoms with Crippen LogP contribution in [0, 0.1) is 10.1 Å². The summed E-state index contributed by atoms with van der Waals surface area (Å²) in [5.41, 5.74) is 6.59. The molecule has 2 aromatic heterocycles. The van der Waals surface area contributed by atoms with Crippen molar-refractivity contribution in [1.82, 2.24) is 14.8 Å². The molecule has 0 bridgehead atoms. The van der Waals surface area contributed by atoms with Gasteiger partial charge in [0, 0.05) is 19.7 Å². The van der Waals surface area contributed by atoms with Crippen molar-refractivity contribution in [2.45, 2.75) is 19.9 Å². The number of amides is 1. The number of ether oxygens (including phenoxy) is 1. The maximum absolute atomic E-state index is 11.5. The van der Waals surface area contributed by atoms with E-state index in [1.165, 1.54) is 0 Å². The highest BCUT2D eigenvalue weighted by Gasteiger charge is 2.19. The molecule has 0 aromatic carbocycles. The molecule has 0 radical (unpaired) electrons. The quantitative estimate of drug-likeness (QED) is 0.569. The average molecular weight is 334 g/mol. The smallest absolute Gasteiger partial charge is 0.288 e. The standard InChI is InChI=1S/C14H18N6O4/c1-4-11-10(14(24-3)19(2)18-11)7-17-13-9(12(15)21)5-8(6-16-13)20(22)23/h5-6H,4,7H2,1-3H3,(H2,15,21)(H,16,17). The lowest BCUT2D eigenvalue weighted by Gasteiger charge is -2.10. The largest absolute Gasteiger partial charge is 0.481 e. The number of nitro groups is 1. The number of anilines is 1. The molecule has 0 unspecified atom stereocenters. The Kier molecular flexibility index (Phi) is 4.97. The lowest BCUT2D eigenvalue weighted by Crippen LogP contribution is -2.16. The zero-order valence-corrected chi connectivity index (χ0v) is 13.6. The number of carbonyl (C=O) groups is 1. The molecule has 0 fully saturated rings. The lowest BCUT2D eigenvalue weighted by molar-refractivity contribution is -0.385. The first-order valence-electron chi connectivity index (χ1n) is 7.15. The fourth-order valence-electron chi connectivity index (χ4n) is 2.38. The summed E-state index contributed by atoms with van der Waals surface area (Å²) in [5.74, 6) is -0.0505. The number of primary amides is 1. The number of rotatable bonds is 7. The Labute approximate surface area is 137 Å². The minimum absolute atomic E-state index is 0.0508. The number of aryl methyl sites for hydroxylation is 2. The number of pyridine rings is 1. The number of nitrogens with one attached hydrogen (secondary N) is 1. The monoisotopic (exact) mass is 334 g/mol. The number of aromatic nitrogens is 3. The second kappa shape index (κ2) is 6.94. The predicted octanol–water partition coefficient (Wildman–Crippen LogP) is 1.01. The summed E-state index contributed by atoms with van der Waals surface area (Å²) in [6.45, 7) is 2.25. The number of methoxy groups -OCH3 is 1. The summed E-state index contributed by atoms with van der Waals surface area (Å²) in [6, 6.07) is 1.10. The summed E-state index contributed by atoms with van der Waals surface area (Å²) >= 11 is 0. The Bertz CT molecular complexity index is 786. The van der Waals surface area contributed by atoms with Crippen LogP contribution < -0.4 is 15.8 Å². The topological polar surface area (TPSA) is 138 Å². The Balaban J connectivity index is 2.33. The molecular weight excluding hydrogens is 316 g/mol. The first-order valence-corrected chi connectivity index (χ1v) is 7.15. The second-order valence-electron chi connectivity index (χ2n) is 4.98.